The number of amides is 1. The van der Waals surface area contributed by atoms with E-state index in [0.717, 1.165) is 18.4 Å². The number of halogens is 1. The quantitative estimate of drug-likeness (QED) is 0.559. The first-order chi connectivity index (χ1) is 12.5. The van der Waals surface area contributed by atoms with Crippen molar-refractivity contribution >= 4 is 29.6 Å². The van der Waals surface area contributed by atoms with E-state index >= 15 is 0 Å². The average Bonchev–Trinajstić information content (AvgIpc) is 2.65. The van der Waals surface area contributed by atoms with Crippen molar-refractivity contribution in [3.8, 4) is 11.5 Å². The number of hydrogen-bond donors (Lipinski definition) is 0. The largest absolute Gasteiger partial charge is 0.493 e. The van der Waals surface area contributed by atoms with Crippen LogP contribution in [0.3, 0.4) is 0 Å². The summed E-state index contributed by atoms with van der Waals surface area (Å²) >= 11 is 6.18. The normalized spacial score (nSPS) is 17.2. The third-order valence-corrected chi connectivity index (χ3v) is 4.51. The molecule has 6 nitrogen and oxygen atoms in total. The van der Waals surface area contributed by atoms with E-state index in [-0.39, 0.29) is 17.8 Å². The Labute approximate surface area is 158 Å². The van der Waals surface area contributed by atoms with Gasteiger partial charge in [-0.1, -0.05) is 11.6 Å². The maximum Gasteiger partial charge on any atom is 0.310 e. The summed E-state index contributed by atoms with van der Waals surface area (Å²) in [5.74, 6) is 0.306. The number of methoxy groups -OCH3 is 2. The van der Waals surface area contributed by atoms with Gasteiger partial charge >= 0.3 is 5.97 Å². The fraction of sp³-hybridized carbons (Fsp3) is 0.474. The summed E-state index contributed by atoms with van der Waals surface area (Å²) in [7, 11) is 3.04. The van der Waals surface area contributed by atoms with Gasteiger partial charge in [0.2, 0.25) is 5.91 Å². The number of carbonyl (C=O) groups is 2. The Morgan fingerprint density at radius 1 is 1.31 bits per heavy atom. The lowest BCUT2D eigenvalue weighted by Crippen LogP contribution is -2.42. The zero-order valence-electron chi connectivity index (χ0n) is 15.3. The van der Waals surface area contributed by atoms with Crippen molar-refractivity contribution in [3.63, 3.8) is 0 Å². The van der Waals surface area contributed by atoms with E-state index in [2.05, 4.69) is 0 Å². The van der Waals surface area contributed by atoms with Gasteiger partial charge < -0.3 is 19.1 Å². The standard InChI is InChI=1S/C19H24ClNO5/c1-4-26-19(23)14-6-5-9-21(12-14)17(22)8-7-13-10-15(20)18(25-3)16(11-13)24-2/h7-8,10-11,14H,4-6,9,12H2,1-3H3/b8-7+/t14-/m0/s1. The molecule has 1 heterocycles. The van der Waals surface area contributed by atoms with Crippen LogP contribution in [0, 0.1) is 5.92 Å². The van der Waals surface area contributed by atoms with Crippen LogP contribution in [0.5, 0.6) is 11.5 Å². The monoisotopic (exact) mass is 381 g/mol. The lowest BCUT2D eigenvalue weighted by atomic mass is 9.98. The molecule has 0 radical (unpaired) electrons. The van der Waals surface area contributed by atoms with E-state index in [9.17, 15) is 9.59 Å². The molecule has 1 aromatic carbocycles. The first-order valence-corrected chi connectivity index (χ1v) is 8.93. The Hall–Kier alpha value is -2.21. The number of carbonyl (C=O) groups excluding carboxylic acids is 2. The van der Waals surface area contributed by atoms with Gasteiger partial charge in [0.25, 0.3) is 0 Å². The number of hydrogen-bond acceptors (Lipinski definition) is 5. The fourth-order valence-electron chi connectivity index (χ4n) is 2.94. The summed E-state index contributed by atoms with van der Waals surface area (Å²) in [6.07, 6.45) is 4.68. The van der Waals surface area contributed by atoms with Crippen molar-refractivity contribution in [2.45, 2.75) is 19.8 Å². The van der Waals surface area contributed by atoms with Crippen LogP contribution in [-0.2, 0) is 14.3 Å². The van der Waals surface area contributed by atoms with Crippen molar-refractivity contribution in [2.75, 3.05) is 33.9 Å². The molecule has 0 bridgehead atoms. The molecule has 7 heteroatoms. The molecular formula is C19H24ClNO5. The highest BCUT2D eigenvalue weighted by Gasteiger charge is 2.28. The molecular weight excluding hydrogens is 358 g/mol. The highest BCUT2D eigenvalue weighted by Crippen LogP contribution is 2.36. The first kappa shape index (κ1) is 20.1. The van der Waals surface area contributed by atoms with Gasteiger partial charge in [0, 0.05) is 19.2 Å². The molecule has 1 aliphatic rings. The van der Waals surface area contributed by atoms with Crippen molar-refractivity contribution in [2.24, 2.45) is 5.92 Å². The van der Waals surface area contributed by atoms with E-state index < -0.39 is 0 Å². The van der Waals surface area contributed by atoms with Gasteiger partial charge in [0.05, 0.1) is 31.8 Å². The van der Waals surface area contributed by atoms with Crippen LogP contribution in [0.2, 0.25) is 5.02 Å². The molecule has 142 valence electrons. The third-order valence-electron chi connectivity index (χ3n) is 4.23. The van der Waals surface area contributed by atoms with Gasteiger partial charge in [-0.25, -0.2) is 0 Å². The molecule has 2 rings (SSSR count). The molecule has 1 aromatic rings. The molecule has 0 saturated carbocycles. The van der Waals surface area contributed by atoms with Gasteiger partial charge in [-0.3, -0.25) is 9.59 Å². The van der Waals surface area contributed by atoms with Crippen LogP contribution in [0.15, 0.2) is 18.2 Å². The van der Waals surface area contributed by atoms with Crippen molar-refractivity contribution in [3.05, 3.63) is 28.8 Å². The molecule has 0 unspecified atom stereocenters. The summed E-state index contributed by atoms with van der Waals surface area (Å²) in [6, 6.07) is 3.44. The van der Waals surface area contributed by atoms with Crippen LogP contribution >= 0.6 is 11.6 Å². The van der Waals surface area contributed by atoms with E-state index in [4.69, 9.17) is 25.8 Å². The molecule has 0 aromatic heterocycles. The maximum atomic E-state index is 12.5. The number of nitrogens with zero attached hydrogens (tertiary/aromatic N) is 1. The number of likely N-dealkylation sites (tertiary alicyclic amines) is 1. The second kappa shape index (κ2) is 9.48. The summed E-state index contributed by atoms with van der Waals surface area (Å²) in [6.45, 7) is 3.14. The third kappa shape index (κ3) is 4.91. The SMILES string of the molecule is CCOC(=O)[C@H]1CCCN(C(=O)/C=C/c2cc(Cl)c(OC)c(OC)c2)C1. The summed E-state index contributed by atoms with van der Waals surface area (Å²) in [5, 5.41) is 0.402. The van der Waals surface area contributed by atoms with Gasteiger partial charge in [-0.05, 0) is 43.5 Å². The molecule has 26 heavy (non-hydrogen) atoms. The number of rotatable bonds is 6. The molecule has 1 saturated heterocycles. The van der Waals surface area contributed by atoms with E-state index in [1.54, 1.807) is 30.0 Å². The second-order valence-corrected chi connectivity index (χ2v) is 6.35. The van der Waals surface area contributed by atoms with Crippen LogP contribution in [0.4, 0.5) is 0 Å². The van der Waals surface area contributed by atoms with Gasteiger partial charge in [0.15, 0.2) is 11.5 Å². The van der Waals surface area contributed by atoms with Gasteiger partial charge in [0.1, 0.15) is 0 Å². The first-order valence-electron chi connectivity index (χ1n) is 8.55. The highest BCUT2D eigenvalue weighted by molar-refractivity contribution is 6.32. The van der Waals surface area contributed by atoms with Crippen LogP contribution in [-0.4, -0.2) is 50.7 Å². The molecule has 0 aliphatic carbocycles. The Morgan fingerprint density at radius 3 is 2.73 bits per heavy atom. The van der Waals surface area contributed by atoms with Crippen molar-refractivity contribution < 1.29 is 23.8 Å². The zero-order valence-corrected chi connectivity index (χ0v) is 16.0. The van der Waals surface area contributed by atoms with E-state index in [0.29, 0.717) is 36.2 Å². The maximum absolute atomic E-state index is 12.5. The number of benzene rings is 1. The average molecular weight is 382 g/mol. The lowest BCUT2D eigenvalue weighted by Gasteiger charge is -2.30. The molecule has 0 N–H and O–H groups in total. The Morgan fingerprint density at radius 2 is 2.08 bits per heavy atom. The predicted octanol–water partition coefficient (Wildman–Crippen LogP) is 3.17. The fourth-order valence-corrected chi connectivity index (χ4v) is 3.23. The summed E-state index contributed by atoms with van der Waals surface area (Å²) in [4.78, 5) is 26.0. The molecule has 1 amide bonds. The lowest BCUT2D eigenvalue weighted by molar-refractivity contribution is -0.150. The number of esters is 1. The van der Waals surface area contributed by atoms with Crippen molar-refractivity contribution in [1.82, 2.24) is 4.90 Å². The summed E-state index contributed by atoms with van der Waals surface area (Å²) < 4.78 is 15.5. The summed E-state index contributed by atoms with van der Waals surface area (Å²) in [5.41, 5.74) is 0.722. The van der Waals surface area contributed by atoms with Gasteiger partial charge in [-0.15, -0.1) is 0 Å². The molecule has 1 fully saturated rings. The Bertz CT molecular complexity index is 689. The number of ether oxygens (including phenoxy) is 3. The molecule has 0 spiro atoms. The van der Waals surface area contributed by atoms with Crippen molar-refractivity contribution in [1.29, 1.82) is 0 Å². The minimum absolute atomic E-state index is 0.148. The van der Waals surface area contributed by atoms with Crippen LogP contribution in [0.1, 0.15) is 25.3 Å². The van der Waals surface area contributed by atoms with Crippen LogP contribution < -0.4 is 9.47 Å². The number of piperidine rings is 1. The smallest absolute Gasteiger partial charge is 0.310 e. The topological polar surface area (TPSA) is 65.1 Å². The predicted molar refractivity (Wildman–Crippen MR) is 99.5 cm³/mol. The molecule has 1 atom stereocenters. The second-order valence-electron chi connectivity index (χ2n) is 5.95. The minimum Gasteiger partial charge on any atom is -0.493 e. The highest BCUT2D eigenvalue weighted by atomic mass is 35.5. The van der Waals surface area contributed by atoms with E-state index in [1.807, 2.05) is 0 Å². The zero-order chi connectivity index (χ0) is 19.1. The Kier molecular flexibility index (Phi) is 7.33. The van der Waals surface area contributed by atoms with Gasteiger partial charge in [-0.2, -0.15) is 0 Å². The van der Waals surface area contributed by atoms with E-state index in [1.165, 1.54) is 20.3 Å². The Balaban J connectivity index is 2.07. The van der Waals surface area contributed by atoms with Crippen LogP contribution in [0.25, 0.3) is 6.08 Å². The molecule has 1 aliphatic heterocycles. The minimum atomic E-state index is -0.253.